The smallest absolute Gasteiger partial charge is 0.185 e. The van der Waals surface area contributed by atoms with Crippen molar-refractivity contribution in [3.8, 4) is 0 Å². The van der Waals surface area contributed by atoms with Crippen LogP contribution in [0.25, 0.3) is 5.65 Å². The van der Waals surface area contributed by atoms with Gasteiger partial charge in [0.05, 0.1) is 18.5 Å². The van der Waals surface area contributed by atoms with Crippen molar-refractivity contribution in [1.82, 2.24) is 19.9 Å². The fourth-order valence-corrected chi connectivity index (χ4v) is 6.89. The van der Waals surface area contributed by atoms with Crippen LogP contribution in [0.1, 0.15) is 49.6 Å². The molecule has 184 valence electrons. The number of anilines is 1. The molecule has 0 spiro atoms. The molecule has 3 saturated heterocycles. The average Bonchev–Trinajstić information content (AvgIpc) is 3.28. The zero-order chi connectivity index (χ0) is 24.0. The Labute approximate surface area is 211 Å². The summed E-state index contributed by atoms with van der Waals surface area (Å²) in [5.74, 6) is 1.32. The van der Waals surface area contributed by atoms with Crippen LogP contribution in [0.15, 0.2) is 36.5 Å². The summed E-state index contributed by atoms with van der Waals surface area (Å²) < 4.78 is 8.28. The SMILES string of the molecule is Cc1cc(N2CC[C@](C)(c3ccccc3Cl)C2)cn2nc(C34CC(CO3)C4NCC3(N)CC3)nc12. The van der Waals surface area contributed by atoms with Gasteiger partial charge in [-0.1, -0.05) is 36.7 Å². The van der Waals surface area contributed by atoms with Crippen molar-refractivity contribution in [2.45, 2.75) is 62.1 Å². The van der Waals surface area contributed by atoms with E-state index in [0.29, 0.717) is 5.92 Å². The minimum absolute atomic E-state index is 0.0210. The van der Waals surface area contributed by atoms with E-state index in [1.54, 1.807) is 0 Å². The highest BCUT2D eigenvalue weighted by Crippen LogP contribution is 2.54. The van der Waals surface area contributed by atoms with Crippen LogP contribution in [-0.2, 0) is 15.8 Å². The van der Waals surface area contributed by atoms with Crippen LogP contribution >= 0.6 is 11.6 Å². The molecule has 5 fully saturated rings. The molecule has 8 heteroatoms. The molecule has 2 bridgehead atoms. The largest absolute Gasteiger partial charge is 0.369 e. The molecular formula is C27H33ClN6O. The Bertz CT molecular complexity index is 1320. The lowest BCUT2D eigenvalue weighted by molar-refractivity contribution is -0.0421. The first-order valence-corrected chi connectivity index (χ1v) is 13.2. The van der Waals surface area contributed by atoms with E-state index >= 15 is 0 Å². The van der Waals surface area contributed by atoms with E-state index < -0.39 is 5.60 Å². The molecule has 0 amide bonds. The number of halogens is 1. The molecule has 7 nitrogen and oxygen atoms in total. The van der Waals surface area contributed by atoms with Crippen LogP contribution in [-0.4, -0.2) is 52.4 Å². The van der Waals surface area contributed by atoms with Crippen LogP contribution in [0.4, 0.5) is 5.69 Å². The highest BCUT2D eigenvalue weighted by atomic mass is 35.5. The number of hydrogen-bond acceptors (Lipinski definition) is 6. The van der Waals surface area contributed by atoms with Gasteiger partial charge in [-0.25, -0.2) is 9.50 Å². The van der Waals surface area contributed by atoms with Crippen LogP contribution in [0.3, 0.4) is 0 Å². The van der Waals surface area contributed by atoms with Crippen molar-refractivity contribution < 1.29 is 4.74 Å². The van der Waals surface area contributed by atoms with Crippen molar-refractivity contribution in [2.24, 2.45) is 11.7 Å². The Kier molecular flexibility index (Phi) is 4.67. The number of aromatic nitrogens is 3. The number of aryl methyl sites for hydroxylation is 1. The van der Waals surface area contributed by atoms with Gasteiger partial charge in [-0.2, -0.15) is 0 Å². The van der Waals surface area contributed by atoms with Crippen LogP contribution in [0.5, 0.6) is 0 Å². The van der Waals surface area contributed by atoms with E-state index in [4.69, 9.17) is 32.2 Å². The Hall–Kier alpha value is -2.19. The van der Waals surface area contributed by atoms with Crippen LogP contribution in [0.2, 0.25) is 5.02 Å². The van der Waals surface area contributed by atoms with Crippen molar-refractivity contribution in [1.29, 1.82) is 0 Å². The number of hydrogen-bond donors (Lipinski definition) is 2. The second kappa shape index (κ2) is 7.42. The Morgan fingerprint density at radius 3 is 2.86 bits per heavy atom. The van der Waals surface area contributed by atoms with Gasteiger partial charge in [-0.15, -0.1) is 5.10 Å². The van der Waals surface area contributed by atoms with Gasteiger partial charge in [0.25, 0.3) is 0 Å². The molecule has 3 N–H and O–H groups in total. The fourth-order valence-electron chi connectivity index (χ4n) is 6.53. The predicted octanol–water partition coefficient (Wildman–Crippen LogP) is 3.55. The van der Waals surface area contributed by atoms with E-state index in [1.807, 2.05) is 16.6 Å². The number of benzene rings is 1. The lowest BCUT2D eigenvalue weighted by Gasteiger charge is -2.43. The highest BCUT2D eigenvalue weighted by Gasteiger charge is 2.64. The van der Waals surface area contributed by atoms with Gasteiger partial charge in [0, 0.05) is 47.6 Å². The zero-order valence-electron chi connectivity index (χ0n) is 20.4. The number of rotatable bonds is 6. The average molecular weight is 493 g/mol. The van der Waals surface area contributed by atoms with Gasteiger partial charge in [0.2, 0.25) is 0 Å². The Balaban J connectivity index is 1.17. The number of nitrogens with two attached hydrogens (primary N) is 1. The maximum Gasteiger partial charge on any atom is 0.185 e. The summed E-state index contributed by atoms with van der Waals surface area (Å²) in [5.41, 5.74) is 10.3. The monoisotopic (exact) mass is 492 g/mol. The molecule has 3 aliphatic heterocycles. The van der Waals surface area contributed by atoms with Gasteiger partial charge in [-0.05, 0) is 55.9 Å². The standard InChI is InChI=1S/C27H33ClN6O/c1-17-11-19(33-10-9-25(2,16-33)20-5-3-4-6-21(20)28)13-34-23(17)31-24(32-34)27-12-18(14-35-27)22(27)30-15-26(29)7-8-26/h3-6,11,13,18,22,30H,7-10,12,14-16,29H2,1-2H3/t18?,22?,25-,27?/m0/s1. The quantitative estimate of drug-likeness (QED) is 0.547. The van der Waals surface area contributed by atoms with E-state index in [1.165, 1.54) is 11.3 Å². The van der Waals surface area contributed by atoms with E-state index in [0.717, 1.165) is 74.0 Å². The minimum Gasteiger partial charge on any atom is -0.369 e. The molecule has 5 aliphatic rings. The first kappa shape index (κ1) is 22.0. The number of ether oxygens (including phenoxy) is 1. The first-order chi connectivity index (χ1) is 16.8. The second-order valence-electron chi connectivity index (χ2n) is 11.7. The third-order valence-corrected chi connectivity index (χ3v) is 9.33. The summed E-state index contributed by atoms with van der Waals surface area (Å²) in [5, 5.41) is 9.54. The molecular weight excluding hydrogens is 460 g/mol. The van der Waals surface area contributed by atoms with E-state index in [9.17, 15) is 0 Å². The Morgan fingerprint density at radius 2 is 2.09 bits per heavy atom. The van der Waals surface area contributed by atoms with Gasteiger partial charge < -0.3 is 20.7 Å². The number of fused-ring (bicyclic) bond motifs is 2. The lowest BCUT2D eigenvalue weighted by atomic mass is 9.68. The summed E-state index contributed by atoms with van der Waals surface area (Å²) in [6, 6.07) is 10.7. The molecule has 35 heavy (non-hydrogen) atoms. The molecule has 4 atom stereocenters. The minimum atomic E-state index is -0.426. The first-order valence-electron chi connectivity index (χ1n) is 12.8. The number of nitrogens with one attached hydrogen (secondary N) is 1. The van der Waals surface area contributed by atoms with E-state index in [-0.39, 0.29) is 17.0 Å². The molecule has 1 aromatic carbocycles. The normalized spacial score (nSPS) is 32.9. The predicted molar refractivity (Wildman–Crippen MR) is 137 cm³/mol. The lowest BCUT2D eigenvalue weighted by Crippen LogP contribution is -2.60. The van der Waals surface area contributed by atoms with Gasteiger partial charge in [-0.3, -0.25) is 0 Å². The summed E-state index contributed by atoms with van der Waals surface area (Å²) in [6.07, 6.45) is 6.37. The number of pyridine rings is 1. The Morgan fingerprint density at radius 1 is 1.26 bits per heavy atom. The molecule has 2 saturated carbocycles. The zero-order valence-corrected chi connectivity index (χ0v) is 21.2. The van der Waals surface area contributed by atoms with Gasteiger partial charge in [0.1, 0.15) is 5.60 Å². The maximum atomic E-state index is 6.57. The van der Waals surface area contributed by atoms with Crippen LogP contribution < -0.4 is 16.0 Å². The van der Waals surface area contributed by atoms with Crippen LogP contribution in [0, 0.1) is 12.8 Å². The highest BCUT2D eigenvalue weighted by molar-refractivity contribution is 6.31. The second-order valence-corrected chi connectivity index (χ2v) is 12.1. The summed E-state index contributed by atoms with van der Waals surface area (Å²) in [4.78, 5) is 7.44. The topological polar surface area (TPSA) is 80.7 Å². The molecule has 3 aromatic rings. The summed E-state index contributed by atoms with van der Waals surface area (Å²) in [7, 11) is 0. The molecule has 8 rings (SSSR count). The molecule has 2 aromatic heterocycles. The maximum absolute atomic E-state index is 6.57. The molecule has 5 heterocycles. The van der Waals surface area contributed by atoms with Gasteiger partial charge >= 0.3 is 0 Å². The summed E-state index contributed by atoms with van der Waals surface area (Å²) in [6.45, 7) is 7.95. The van der Waals surface area contributed by atoms with Crippen molar-refractivity contribution in [2.75, 3.05) is 31.1 Å². The molecule has 2 aliphatic carbocycles. The van der Waals surface area contributed by atoms with Crippen molar-refractivity contribution >= 4 is 22.9 Å². The third-order valence-electron chi connectivity index (χ3n) is 9.00. The van der Waals surface area contributed by atoms with Crippen molar-refractivity contribution in [3.63, 3.8) is 0 Å². The molecule has 0 radical (unpaired) electrons. The van der Waals surface area contributed by atoms with Gasteiger partial charge in [0.15, 0.2) is 11.5 Å². The fraction of sp³-hybridized carbons (Fsp3) is 0.556. The molecule has 3 unspecified atom stereocenters. The summed E-state index contributed by atoms with van der Waals surface area (Å²) >= 11 is 6.57. The third kappa shape index (κ3) is 3.35. The van der Waals surface area contributed by atoms with Crippen molar-refractivity contribution in [3.05, 3.63) is 58.5 Å². The van der Waals surface area contributed by atoms with E-state index in [2.05, 4.69) is 48.5 Å². The number of nitrogens with zero attached hydrogens (tertiary/aromatic N) is 4.